The molecule has 0 aliphatic rings. The van der Waals surface area contributed by atoms with Gasteiger partial charge in [-0.15, -0.1) is 0 Å². The molecule has 0 saturated carbocycles. The average molecular weight is 259 g/mol. The number of rotatable bonds is 5. The minimum atomic E-state index is -0.493. The third kappa shape index (κ3) is 3.31. The van der Waals surface area contributed by atoms with E-state index in [2.05, 4.69) is 0 Å². The summed E-state index contributed by atoms with van der Waals surface area (Å²) in [6.45, 7) is 2.59. The summed E-state index contributed by atoms with van der Waals surface area (Å²) in [5.41, 5.74) is 1.55. The summed E-state index contributed by atoms with van der Waals surface area (Å²) in [5, 5.41) is 19.6. The van der Waals surface area contributed by atoms with Crippen LogP contribution < -0.4 is 4.90 Å². The fraction of sp³-hybridized carbons (Fsp3) is 0.455. The van der Waals surface area contributed by atoms with E-state index in [1.165, 1.54) is 6.07 Å². The van der Waals surface area contributed by atoms with Crippen LogP contribution in [-0.4, -0.2) is 30.2 Å². The Morgan fingerprint density at radius 2 is 2.18 bits per heavy atom. The minimum Gasteiger partial charge on any atom is -0.396 e. The molecule has 0 radical (unpaired) electrons. The highest BCUT2D eigenvalue weighted by Crippen LogP contribution is 2.32. The molecule has 1 rings (SSSR count). The van der Waals surface area contributed by atoms with Gasteiger partial charge in [0.15, 0.2) is 0 Å². The molecule has 0 aliphatic carbocycles. The van der Waals surface area contributed by atoms with Crippen molar-refractivity contribution in [2.24, 2.45) is 0 Å². The van der Waals surface area contributed by atoms with E-state index in [0.717, 1.165) is 11.3 Å². The fourth-order valence-electron chi connectivity index (χ4n) is 1.64. The monoisotopic (exact) mass is 258 g/mol. The molecule has 0 aliphatic heterocycles. The number of benzene rings is 1. The Kier molecular flexibility index (Phi) is 4.72. The maximum absolute atomic E-state index is 10.7. The van der Waals surface area contributed by atoms with Crippen molar-refractivity contribution >= 4 is 23.0 Å². The van der Waals surface area contributed by atoms with Crippen LogP contribution in [0.3, 0.4) is 0 Å². The molecule has 1 N–H and O–H groups in total. The van der Waals surface area contributed by atoms with E-state index in [1.54, 1.807) is 13.0 Å². The average Bonchev–Trinajstić information content (AvgIpc) is 2.28. The SMILES string of the molecule is Cc1cc([N+](=O)[O-])c(Cl)cc1N(C)CCCO. The molecule has 0 spiro atoms. The minimum absolute atomic E-state index is 0.0801. The Labute approximate surface area is 105 Å². The number of nitrogens with zero attached hydrogens (tertiary/aromatic N) is 2. The molecule has 0 amide bonds. The lowest BCUT2D eigenvalue weighted by Crippen LogP contribution is -2.20. The molecule has 5 nitrogen and oxygen atoms in total. The number of halogens is 1. The van der Waals surface area contributed by atoms with Crippen LogP contribution in [-0.2, 0) is 0 Å². The van der Waals surface area contributed by atoms with Crippen molar-refractivity contribution < 1.29 is 10.0 Å². The molecule has 6 heteroatoms. The van der Waals surface area contributed by atoms with Crippen molar-refractivity contribution in [1.29, 1.82) is 0 Å². The second-order valence-electron chi connectivity index (χ2n) is 3.85. The molecule has 94 valence electrons. The second kappa shape index (κ2) is 5.84. The van der Waals surface area contributed by atoms with E-state index in [4.69, 9.17) is 16.7 Å². The highest BCUT2D eigenvalue weighted by Gasteiger charge is 2.16. The van der Waals surface area contributed by atoms with Gasteiger partial charge in [-0.05, 0) is 25.0 Å². The Balaban J connectivity index is 3.02. The van der Waals surface area contributed by atoms with E-state index in [-0.39, 0.29) is 17.3 Å². The molecule has 0 bridgehead atoms. The van der Waals surface area contributed by atoms with Crippen molar-refractivity contribution in [2.45, 2.75) is 13.3 Å². The molecule has 17 heavy (non-hydrogen) atoms. The largest absolute Gasteiger partial charge is 0.396 e. The lowest BCUT2D eigenvalue weighted by Gasteiger charge is -2.21. The summed E-state index contributed by atoms with van der Waals surface area (Å²) >= 11 is 5.86. The van der Waals surface area contributed by atoms with E-state index in [9.17, 15) is 10.1 Å². The van der Waals surface area contributed by atoms with Crippen LogP contribution in [0.25, 0.3) is 0 Å². The highest BCUT2D eigenvalue weighted by atomic mass is 35.5. The van der Waals surface area contributed by atoms with Crippen molar-refractivity contribution in [3.63, 3.8) is 0 Å². The van der Waals surface area contributed by atoms with E-state index < -0.39 is 4.92 Å². The Morgan fingerprint density at radius 3 is 2.71 bits per heavy atom. The highest BCUT2D eigenvalue weighted by molar-refractivity contribution is 6.33. The van der Waals surface area contributed by atoms with Gasteiger partial charge in [0.25, 0.3) is 5.69 Å². The van der Waals surface area contributed by atoms with E-state index >= 15 is 0 Å². The molecule has 0 atom stereocenters. The Bertz CT molecular complexity index is 423. The number of aliphatic hydroxyl groups excluding tert-OH is 1. The molecular formula is C11H15ClN2O3. The molecule has 0 saturated heterocycles. The van der Waals surface area contributed by atoms with Gasteiger partial charge in [0.05, 0.1) is 4.92 Å². The maximum atomic E-state index is 10.7. The number of nitro benzene ring substituents is 1. The number of anilines is 1. The third-order valence-electron chi connectivity index (χ3n) is 2.52. The van der Waals surface area contributed by atoms with Crippen LogP contribution in [0.1, 0.15) is 12.0 Å². The number of aryl methyl sites for hydroxylation is 1. The molecular weight excluding hydrogens is 244 g/mol. The van der Waals surface area contributed by atoms with Crippen LogP contribution in [0.15, 0.2) is 12.1 Å². The number of aliphatic hydroxyl groups is 1. The van der Waals surface area contributed by atoms with Gasteiger partial charge < -0.3 is 10.0 Å². The van der Waals surface area contributed by atoms with Gasteiger partial charge in [-0.1, -0.05) is 11.6 Å². The van der Waals surface area contributed by atoms with Crippen molar-refractivity contribution in [2.75, 3.05) is 25.1 Å². The standard InChI is InChI=1S/C11H15ClN2O3/c1-8-6-11(14(16)17)9(12)7-10(8)13(2)4-3-5-15/h6-7,15H,3-5H2,1-2H3. The van der Waals surface area contributed by atoms with Crippen LogP contribution in [0.4, 0.5) is 11.4 Å². The zero-order valence-electron chi connectivity index (χ0n) is 9.81. The predicted molar refractivity (Wildman–Crippen MR) is 67.8 cm³/mol. The third-order valence-corrected chi connectivity index (χ3v) is 2.83. The molecule has 1 aromatic rings. The Hall–Kier alpha value is -1.33. The van der Waals surface area contributed by atoms with Gasteiger partial charge >= 0.3 is 0 Å². The Morgan fingerprint density at radius 1 is 1.53 bits per heavy atom. The van der Waals surface area contributed by atoms with E-state index in [0.29, 0.717) is 13.0 Å². The van der Waals surface area contributed by atoms with Gasteiger partial charge in [0.1, 0.15) is 5.02 Å². The van der Waals surface area contributed by atoms with Crippen molar-refractivity contribution in [1.82, 2.24) is 0 Å². The van der Waals surface area contributed by atoms with Crippen molar-refractivity contribution in [3.05, 3.63) is 32.8 Å². The van der Waals surface area contributed by atoms with Crippen molar-refractivity contribution in [3.8, 4) is 0 Å². The van der Waals surface area contributed by atoms with Crippen LogP contribution in [0, 0.1) is 17.0 Å². The molecule has 1 aromatic carbocycles. The number of hydrogen-bond donors (Lipinski definition) is 1. The number of nitro groups is 1. The van der Waals surface area contributed by atoms with Crippen LogP contribution >= 0.6 is 11.6 Å². The smallest absolute Gasteiger partial charge is 0.288 e. The summed E-state index contributed by atoms with van der Waals surface area (Å²) in [6.07, 6.45) is 0.643. The first-order valence-corrected chi connectivity index (χ1v) is 5.61. The summed E-state index contributed by atoms with van der Waals surface area (Å²) in [7, 11) is 1.86. The summed E-state index contributed by atoms with van der Waals surface area (Å²) < 4.78 is 0. The fourth-order valence-corrected chi connectivity index (χ4v) is 1.86. The topological polar surface area (TPSA) is 66.6 Å². The van der Waals surface area contributed by atoms with Crippen LogP contribution in [0.5, 0.6) is 0 Å². The maximum Gasteiger partial charge on any atom is 0.288 e. The van der Waals surface area contributed by atoms with Gasteiger partial charge in [-0.2, -0.15) is 0 Å². The molecule has 0 heterocycles. The molecule has 0 unspecified atom stereocenters. The quantitative estimate of drug-likeness (QED) is 0.650. The first-order valence-electron chi connectivity index (χ1n) is 5.24. The second-order valence-corrected chi connectivity index (χ2v) is 4.25. The zero-order chi connectivity index (χ0) is 13.0. The lowest BCUT2D eigenvalue weighted by atomic mass is 10.1. The molecule has 0 fully saturated rings. The lowest BCUT2D eigenvalue weighted by molar-refractivity contribution is -0.384. The normalized spacial score (nSPS) is 10.4. The van der Waals surface area contributed by atoms with Gasteiger partial charge in [0, 0.05) is 32.0 Å². The first kappa shape index (κ1) is 13.7. The first-order chi connectivity index (χ1) is 7.97. The number of hydrogen-bond acceptors (Lipinski definition) is 4. The van der Waals surface area contributed by atoms with Gasteiger partial charge in [-0.3, -0.25) is 10.1 Å². The van der Waals surface area contributed by atoms with Gasteiger partial charge in [-0.25, -0.2) is 0 Å². The summed E-state index contributed by atoms with van der Waals surface area (Å²) in [6, 6.07) is 3.06. The van der Waals surface area contributed by atoms with Crippen LogP contribution in [0.2, 0.25) is 5.02 Å². The van der Waals surface area contributed by atoms with E-state index in [1.807, 2.05) is 11.9 Å². The zero-order valence-corrected chi connectivity index (χ0v) is 10.6. The summed E-state index contributed by atoms with van der Waals surface area (Å²) in [4.78, 5) is 12.1. The van der Waals surface area contributed by atoms with Gasteiger partial charge in [0.2, 0.25) is 0 Å². The summed E-state index contributed by atoms with van der Waals surface area (Å²) in [5.74, 6) is 0. The molecule has 0 aromatic heterocycles. The predicted octanol–water partition coefficient (Wildman–Crippen LogP) is 2.38.